The zero-order chi connectivity index (χ0) is 17.3. The fourth-order valence-electron chi connectivity index (χ4n) is 3.24. The number of benzene rings is 2. The molecule has 0 fully saturated rings. The van der Waals surface area contributed by atoms with Crippen LogP contribution in [0, 0.1) is 41.5 Å². The molecule has 2 aromatic carbocycles. The predicted octanol–water partition coefficient (Wildman–Crippen LogP) is 2.47. The topological polar surface area (TPSA) is 34.1 Å². The largest absolute Gasteiger partial charge is 1.00 e. The van der Waals surface area contributed by atoms with Gasteiger partial charge in [-0.1, -0.05) is 35.4 Å². The summed E-state index contributed by atoms with van der Waals surface area (Å²) in [5.74, 6) is 0. The van der Waals surface area contributed by atoms with Crippen LogP contribution in [-0.4, -0.2) is 11.0 Å². The maximum atomic E-state index is 12.6. The van der Waals surface area contributed by atoms with Gasteiger partial charge in [-0.3, -0.25) is 0 Å². The van der Waals surface area contributed by atoms with Gasteiger partial charge < -0.3 is 18.2 Å². The van der Waals surface area contributed by atoms with Crippen molar-refractivity contribution in [1.82, 2.24) is 0 Å². The Kier molecular flexibility index (Phi) is 7.18. The van der Waals surface area contributed by atoms with Crippen LogP contribution in [0.2, 0.25) is 0 Å². The number of rotatable bonds is 4. The third kappa shape index (κ3) is 4.45. The molecule has 24 heavy (non-hydrogen) atoms. The van der Waals surface area contributed by atoms with E-state index in [0.29, 0.717) is 11.1 Å². The SMILES string of the molecule is Cc1cc(C)c(C(=O)[P-]C(=O)c2c(C)cc(C)cc2C)c(C)c1.[Li+]. The maximum Gasteiger partial charge on any atom is 1.00 e. The molecule has 0 atom stereocenters. The number of carbonyl (C=O) groups excluding carboxylic acids is 2. The molecule has 0 unspecified atom stereocenters. The molecule has 0 bridgehead atoms. The molecule has 0 aromatic heterocycles. The van der Waals surface area contributed by atoms with Crippen molar-refractivity contribution in [3.8, 4) is 0 Å². The van der Waals surface area contributed by atoms with E-state index in [1.807, 2.05) is 65.8 Å². The Morgan fingerprint density at radius 2 is 0.875 bits per heavy atom. The molecule has 0 radical (unpaired) electrons. The monoisotopic (exact) mass is 332 g/mol. The van der Waals surface area contributed by atoms with Gasteiger partial charge in [0.1, 0.15) is 0 Å². The molecule has 0 N–H and O–H groups in total. The average molecular weight is 332 g/mol. The second-order valence-corrected chi connectivity index (χ2v) is 7.31. The quantitative estimate of drug-likeness (QED) is 0.637. The van der Waals surface area contributed by atoms with Crippen LogP contribution >= 0.6 is 8.58 Å². The number of hydrogen-bond acceptors (Lipinski definition) is 2. The summed E-state index contributed by atoms with van der Waals surface area (Å²) in [6, 6.07) is 7.95. The molecule has 0 saturated heterocycles. The zero-order valence-electron chi connectivity index (χ0n) is 15.6. The Bertz CT molecular complexity index is 696. The van der Waals surface area contributed by atoms with Crippen molar-refractivity contribution < 1.29 is 28.4 Å². The van der Waals surface area contributed by atoms with Gasteiger partial charge in [0, 0.05) is 11.0 Å². The van der Waals surface area contributed by atoms with Gasteiger partial charge in [0.05, 0.1) is 0 Å². The summed E-state index contributed by atoms with van der Waals surface area (Å²) in [6.45, 7) is 11.7. The minimum Gasteiger partial charge on any atom is -0.380 e. The van der Waals surface area contributed by atoms with Gasteiger partial charge in [-0.25, -0.2) is 0 Å². The Labute approximate surface area is 158 Å². The third-order valence-corrected chi connectivity index (χ3v) is 4.84. The molecular formula is C20H22LiO2P. The van der Waals surface area contributed by atoms with Crippen LogP contribution in [0.5, 0.6) is 0 Å². The Morgan fingerprint density at radius 1 is 0.625 bits per heavy atom. The second kappa shape index (κ2) is 8.26. The first kappa shape index (κ1) is 20.9. The van der Waals surface area contributed by atoms with E-state index in [0.717, 1.165) is 33.4 Å². The molecule has 120 valence electrons. The van der Waals surface area contributed by atoms with E-state index >= 15 is 0 Å². The van der Waals surface area contributed by atoms with E-state index in [2.05, 4.69) is 0 Å². The summed E-state index contributed by atoms with van der Waals surface area (Å²) in [5, 5.41) is 0. The summed E-state index contributed by atoms with van der Waals surface area (Å²) < 4.78 is 0. The number of hydrogen-bond donors (Lipinski definition) is 0. The zero-order valence-corrected chi connectivity index (χ0v) is 16.5. The molecule has 2 nitrogen and oxygen atoms in total. The summed E-state index contributed by atoms with van der Waals surface area (Å²) >= 11 is 0. The van der Waals surface area contributed by atoms with E-state index in [4.69, 9.17) is 0 Å². The van der Waals surface area contributed by atoms with Crippen molar-refractivity contribution in [2.75, 3.05) is 0 Å². The molecular weight excluding hydrogens is 310 g/mol. The van der Waals surface area contributed by atoms with Crippen molar-refractivity contribution in [2.45, 2.75) is 41.5 Å². The van der Waals surface area contributed by atoms with Crippen LogP contribution < -0.4 is 18.9 Å². The first-order valence-electron chi connectivity index (χ1n) is 7.66. The van der Waals surface area contributed by atoms with Crippen molar-refractivity contribution in [3.63, 3.8) is 0 Å². The average Bonchev–Trinajstić information content (AvgIpc) is 2.35. The second-order valence-electron chi connectivity index (χ2n) is 6.27. The molecule has 0 heterocycles. The third-order valence-electron chi connectivity index (χ3n) is 3.98. The van der Waals surface area contributed by atoms with Crippen LogP contribution in [0.3, 0.4) is 0 Å². The maximum absolute atomic E-state index is 12.6. The van der Waals surface area contributed by atoms with Crippen LogP contribution in [0.25, 0.3) is 0 Å². The predicted molar refractivity (Wildman–Crippen MR) is 96.9 cm³/mol. The fraction of sp³-hybridized carbons (Fsp3) is 0.300. The van der Waals surface area contributed by atoms with E-state index in [1.165, 1.54) is 0 Å². The molecule has 2 rings (SSSR count). The van der Waals surface area contributed by atoms with Gasteiger partial charge >= 0.3 is 18.9 Å². The van der Waals surface area contributed by atoms with Crippen LogP contribution in [0.1, 0.15) is 54.1 Å². The summed E-state index contributed by atoms with van der Waals surface area (Å²) in [4.78, 5) is 25.3. The number of aryl methyl sites for hydroxylation is 6. The molecule has 4 heteroatoms. The van der Waals surface area contributed by atoms with Crippen molar-refractivity contribution >= 4 is 19.6 Å². The van der Waals surface area contributed by atoms with Crippen LogP contribution in [0.15, 0.2) is 24.3 Å². The van der Waals surface area contributed by atoms with Gasteiger partial charge in [-0.15, -0.1) is 0 Å². The Balaban J connectivity index is 0.00000288. The van der Waals surface area contributed by atoms with Crippen molar-refractivity contribution in [2.24, 2.45) is 0 Å². The molecule has 0 aliphatic heterocycles. The molecule has 0 aliphatic carbocycles. The first-order chi connectivity index (χ1) is 10.7. The molecule has 0 spiro atoms. The molecule has 0 saturated carbocycles. The normalized spacial score (nSPS) is 10.2. The van der Waals surface area contributed by atoms with E-state index in [-0.39, 0.29) is 38.5 Å². The van der Waals surface area contributed by atoms with E-state index < -0.39 is 0 Å². The van der Waals surface area contributed by atoms with Gasteiger partial charge in [0.2, 0.25) is 0 Å². The van der Waals surface area contributed by atoms with Gasteiger partial charge in [-0.05, 0) is 74.9 Å². The number of carbonyl (C=O) groups is 2. The molecule has 0 amide bonds. The van der Waals surface area contributed by atoms with Crippen LogP contribution in [0.4, 0.5) is 0 Å². The van der Waals surface area contributed by atoms with Gasteiger partial charge in [0.25, 0.3) is 0 Å². The van der Waals surface area contributed by atoms with Crippen LogP contribution in [-0.2, 0) is 0 Å². The van der Waals surface area contributed by atoms with Gasteiger partial charge in [-0.2, -0.15) is 0 Å². The van der Waals surface area contributed by atoms with Crippen molar-refractivity contribution in [1.29, 1.82) is 0 Å². The van der Waals surface area contributed by atoms with Gasteiger partial charge in [0.15, 0.2) is 0 Å². The fourth-order valence-corrected chi connectivity index (χ4v) is 4.35. The van der Waals surface area contributed by atoms with E-state index in [1.54, 1.807) is 0 Å². The Morgan fingerprint density at radius 3 is 1.12 bits per heavy atom. The van der Waals surface area contributed by atoms with E-state index in [9.17, 15) is 9.59 Å². The minimum atomic E-state index is -0.121. The smallest absolute Gasteiger partial charge is 0.380 e. The minimum absolute atomic E-state index is 0. The summed E-state index contributed by atoms with van der Waals surface area (Å²) in [7, 11) is 0.216. The first-order valence-corrected chi connectivity index (χ1v) is 8.56. The molecule has 0 aliphatic rings. The molecule has 2 aromatic rings. The Hall–Kier alpha value is -1.19. The summed E-state index contributed by atoms with van der Waals surface area (Å²) in [6.07, 6.45) is 0. The van der Waals surface area contributed by atoms with Crippen molar-refractivity contribution in [3.05, 3.63) is 68.8 Å². The summed E-state index contributed by atoms with van der Waals surface area (Å²) in [5.41, 5.74) is 7.11. The standard InChI is InChI=1S/C20H22O2P.Li/c1-11-7-13(3)17(14(4)8-11)19(21)23-20(22)18-15(5)9-12(2)10-16(18)6;/h7-10H,1-6H3;/q-1;+1.